The van der Waals surface area contributed by atoms with Crippen LogP contribution in [0.15, 0.2) is 219 Å². The van der Waals surface area contributed by atoms with Crippen LogP contribution in [0.5, 0.6) is 0 Å². The summed E-state index contributed by atoms with van der Waals surface area (Å²) in [7, 11) is 0. The lowest BCUT2D eigenvalue weighted by atomic mass is 9.33. The van der Waals surface area contributed by atoms with Gasteiger partial charge < -0.3 is 9.80 Å². The lowest BCUT2D eigenvalue weighted by Gasteiger charge is -2.46. The average Bonchev–Trinajstić information content (AvgIpc) is 3.65. The largest absolute Gasteiger partial charge is 0.311 e. The maximum absolute atomic E-state index is 4.97. The molecule has 9 aromatic carbocycles. The van der Waals surface area contributed by atoms with E-state index in [1.54, 1.807) is 0 Å². The fourth-order valence-electron chi connectivity index (χ4n) is 12.4. The van der Waals surface area contributed by atoms with E-state index in [4.69, 9.17) is 4.98 Å². The molecule has 1 aliphatic carbocycles. The summed E-state index contributed by atoms with van der Waals surface area (Å²) in [6, 6.07) is 79.5. The second kappa shape index (κ2) is 14.5. The number of hydrogen-bond acceptors (Lipinski definition) is 4. The summed E-state index contributed by atoms with van der Waals surface area (Å²) in [5.74, 6) is 0.900. The van der Waals surface area contributed by atoms with Crippen LogP contribution in [0.3, 0.4) is 0 Å². The number of pyridine rings is 1. The predicted molar refractivity (Wildman–Crippen MR) is 283 cm³/mol. The first kappa shape index (κ1) is 38.8. The number of para-hydroxylation sites is 3. The molecule has 10 aromatic rings. The Balaban J connectivity index is 1.13. The third-order valence-corrected chi connectivity index (χ3v) is 15.0. The molecular weight excluding hydrogens is 824 g/mol. The molecule has 0 amide bonds. The summed E-state index contributed by atoms with van der Waals surface area (Å²) < 4.78 is 0. The fourth-order valence-corrected chi connectivity index (χ4v) is 12.4. The first-order chi connectivity index (χ1) is 33.5. The first-order valence-electron chi connectivity index (χ1n) is 23.7. The average molecular weight is 869 g/mol. The lowest BCUT2D eigenvalue weighted by molar-refractivity contribution is 0.751. The molecule has 0 atom stereocenters. The Bertz CT molecular complexity index is 3660. The monoisotopic (exact) mass is 868 g/mol. The van der Waals surface area contributed by atoms with Gasteiger partial charge in [-0.2, -0.15) is 0 Å². The van der Waals surface area contributed by atoms with E-state index in [0.717, 1.165) is 22.9 Å². The van der Waals surface area contributed by atoms with Crippen molar-refractivity contribution in [2.75, 3.05) is 14.7 Å². The van der Waals surface area contributed by atoms with Gasteiger partial charge >= 0.3 is 0 Å². The molecule has 3 aliphatic heterocycles. The predicted octanol–water partition coefficient (Wildman–Crippen LogP) is 13.9. The van der Waals surface area contributed by atoms with Crippen molar-refractivity contribution in [3.8, 4) is 22.3 Å². The Morgan fingerprint density at radius 2 is 0.985 bits per heavy atom. The summed E-state index contributed by atoms with van der Waals surface area (Å²) in [6.07, 6.45) is 1.90. The van der Waals surface area contributed by atoms with E-state index in [9.17, 15) is 0 Å². The number of aromatic nitrogens is 1. The van der Waals surface area contributed by atoms with Gasteiger partial charge in [-0.25, -0.2) is 4.98 Å². The topological polar surface area (TPSA) is 22.6 Å². The molecule has 68 heavy (non-hydrogen) atoms. The lowest BCUT2D eigenvalue weighted by Crippen LogP contribution is -2.61. The number of hydrogen-bond donors (Lipinski definition) is 0. The molecule has 4 aliphatic rings. The minimum atomic E-state index is -0.633. The minimum Gasteiger partial charge on any atom is -0.311 e. The van der Waals surface area contributed by atoms with Crippen molar-refractivity contribution >= 4 is 74.4 Å². The Hall–Kier alpha value is -8.41. The van der Waals surface area contributed by atoms with Crippen LogP contribution >= 0.6 is 0 Å². The molecule has 14 rings (SSSR count). The van der Waals surface area contributed by atoms with E-state index in [1.807, 2.05) is 12.3 Å². The van der Waals surface area contributed by atoms with E-state index in [1.165, 1.54) is 106 Å². The third kappa shape index (κ3) is 5.30. The maximum atomic E-state index is 4.97. The van der Waals surface area contributed by atoms with Crippen LogP contribution in [0.1, 0.15) is 38.9 Å². The van der Waals surface area contributed by atoms with Crippen LogP contribution in [-0.4, -0.2) is 11.7 Å². The molecule has 0 radical (unpaired) electrons. The number of nitrogens with zero attached hydrogens (tertiary/aromatic N) is 4. The molecule has 0 N–H and O–H groups in total. The standard InChI is InChI=1S/C63H45BN4/c1-40-18-17-21-44(34-40)66-57-35-41(2)31-32-52(57)64-53-38-47-46-23-7-9-24-48(46)63(49-25-10-13-28-55(49)68(61-30-15-16-33-65-61)56-29-14-11-26-50(56)63)51(47)39-58(53)67(60-37-42(3)36-59(66)62(60)64)54-27-12-8-22-45(54)43-19-5-4-6-20-43/h4-39H,1-3H3. The number of benzene rings is 9. The molecule has 4 nitrogen and oxygen atoms in total. The summed E-state index contributed by atoms with van der Waals surface area (Å²) in [6.45, 7) is 6.65. The van der Waals surface area contributed by atoms with Crippen LogP contribution in [0.2, 0.25) is 0 Å². The van der Waals surface area contributed by atoms with Crippen molar-refractivity contribution in [2.24, 2.45) is 0 Å². The normalized spacial score (nSPS) is 14.1. The summed E-state index contributed by atoms with van der Waals surface area (Å²) >= 11 is 0. The van der Waals surface area contributed by atoms with E-state index >= 15 is 0 Å². The molecule has 0 saturated heterocycles. The van der Waals surface area contributed by atoms with Crippen molar-refractivity contribution in [2.45, 2.75) is 26.2 Å². The van der Waals surface area contributed by atoms with Crippen molar-refractivity contribution in [1.29, 1.82) is 0 Å². The van der Waals surface area contributed by atoms with E-state index in [-0.39, 0.29) is 6.71 Å². The van der Waals surface area contributed by atoms with Gasteiger partial charge in [-0.15, -0.1) is 0 Å². The zero-order valence-electron chi connectivity index (χ0n) is 38.2. The highest BCUT2D eigenvalue weighted by molar-refractivity contribution is 7.00. The quantitative estimate of drug-likeness (QED) is 0.164. The zero-order chi connectivity index (χ0) is 45.3. The van der Waals surface area contributed by atoms with Gasteiger partial charge in [0.05, 0.1) is 22.5 Å². The van der Waals surface area contributed by atoms with Gasteiger partial charge in [-0.1, -0.05) is 146 Å². The molecule has 0 unspecified atom stereocenters. The molecule has 0 saturated carbocycles. The van der Waals surface area contributed by atoms with Crippen molar-refractivity contribution < 1.29 is 0 Å². The van der Waals surface area contributed by atoms with Gasteiger partial charge in [0, 0.05) is 40.2 Å². The summed E-state index contributed by atoms with van der Waals surface area (Å²) in [5.41, 5.74) is 26.5. The molecule has 0 bridgehead atoms. The molecule has 1 aromatic heterocycles. The van der Waals surface area contributed by atoms with Gasteiger partial charge in [0.2, 0.25) is 0 Å². The van der Waals surface area contributed by atoms with Crippen LogP contribution in [0.25, 0.3) is 22.3 Å². The number of fused-ring (bicyclic) bond motifs is 13. The van der Waals surface area contributed by atoms with Crippen LogP contribution in [-0.2, 0) is 5.41 Å². The summed E-state index contributed by atoms with van der Waals surface area (Å²) in [4.78, 5) is 12.5. The second-order valence-corrected chi connectivity index (χ2v) is 18.9. The van der Waals surface area contributed by atoms with Gasteiger partial charge in [0.25, 0.3) is 6.71 Å². The highest BCUT2D eigenvalue weighted by atomic mass is 15.2. The number of anilines is 9. The smallest absolute Gasteiger partial charge is 0.252 e. The van der Waals surface area contributed by atoms with Crippen LogP contribution in [0.4, 0.5) is 51.3 Å². The zero-order valence-corrected chi connectivity index (χ0v) is 38.2. The van der Waals surface area contributed by atoms with E-state index in [0.29, 0.717) is 0 Å². The van der Waals surface area contributed by atoms with Gasteiger partial charge in [0.1, 0.15) is 5.82 Å². The number of aryl methyl sites for hydroxylation is 3. The maximum Gasteiger partial charge on any atom is 0.252 e. The van der Waals surface area contributed by atoms with Crippen LogP contribution < -0.4 is 31.1 Å². The highest BCUT2D eigenvalue weighted by Crippen LogP contribution is 2.64. The van der Waals surface area contributed by atoms with E-state index in [2.05, 4.69) is 242 Å². The highest BCUT2D eigenvalue weighted by Gasteiger charge is 2.54. The Kier molecular flexibility index (Phi) is 8.31. The third-order valence-electron chi connectivity index (χ3n) is 15.0. The van der Waals surface area contributed by atoms with Gasteiger partial charge in [-0.05, 0) is 160 Å². The van der Waals surface area contributed by atoms with Crippen molar-refractivity contribution in [3.05, 3.63) is 257 Å². The van der Waals surface area contributed by atoms with Crippen LogP contribution in [0, 0.1) is 20.8 Å². The molecule has 5 heteroatoms. The summed E-state index contributed by atoms with van der Waals surface area (Å²) in [5, 5.41) is 0. The molecule has 1 spiro atoms. The Labute approximate surface area is 398 Å². The Morgan fingerprint density at radius 3 is 1.72 bits per heavy atom. The second-order valence-electron chi connectivity index (χ2n) is 18.9. The number of rotatable bonds is 4. The van der Waals surface area contributed by atoms with E-state index < -0.39 is 5.41 Å². The molecule has 4 heterocycles. The van der Waals surface area contributed by atoms with Gasteiger partial charge in [0.15, 0.2) is 0 Å². The Morgan fingerprint density at radius 1 is 0.368 bits per heavy atom. The molecule has 0 fully saturated rings. The fraction of sp³-hybridized carbons (Fsp3) is 0.0635. The first-order valence-corrected chi connectivity index (χ1v) is 23.7. The molecule has 320 valence electrons. The van der Waals surface area contributed by atoms with Gasteiger partial charge in [-0.3, -0.25) is 4.90 Å². The minimum absolute atomic E-state index is 0.0352. The SMILES string of the molecule is Cc1cccc(N2c3cc(C)ccc3B3c4cc5c(cc4N(c4ccccc4-c4ccccc4)c4cc(C)cc2c43)C2(c3ccccc3-5)c3ccccc3N(c3ccccn3)c3ccccc32)c1. The van der Waals surface area contributed by atoms with Crippen molar-refractivity contribution in [3.63, 3.8) is 0 Å². The van der Waals surface area contributed by atoms with Crippen molar-refractivity contribution in [1.82, 2.24) is 4.98 Å². The molecular formula is C63H45BN4.